The average molecular weight is 722 g/mol. The van der Waals surface area contributed by atoms with E-state index in [2.05, 4.69) is 37.1 Å². The maximum absolute atomic E-state index is 12.4. The number of nitrogens with one attached hydrogen (secondary N) is 3. The molecule has 4 rings (SSSR count). The van der Waals surface area contributed by atoms with Crippen LogP contribution in [0.3, 0.4) is 0 Å². The third-order valence-electron chi connectivity index (χ3n) is 6.46. The highest BCUT2D eigenvalue weighted by Gasteiger charge is 2.32. The molecular weight excluding hydrogens is 691 g/mol. The fraction of sp³-hybridized carbons (Fsp3) is 0.258. The molecule has 4 N–H and O–H groups in total. The van der Waals surface area contributed by atoms with Crippen LogP contribution in [0.15, 0.2) is 75.4 Å². The minimum Gasteiger partial charge on any atom is -0.490 e. The molecule has 0 spiro atoms. The topological polar surface area (TPSA) is 140 Å². The van der Waals surface area contributed by atoms with Crippen molar-refractivity contribution in [3.8, 4) is 17.2 Å². The Morgan fingerprint density at radius 3 is 2.60 bits per heavy atom. The fourth-order valence-electron chi connectivity index (χ4n) is 4.38. The Kier molecular flexibility index (Phi) is 11.9. The fourth-order valence-corrected chi connectivity index (χ4v) is 5.56. The summed E-state index contributed by atoms with van der Waals surface area (Å²) in [6.45, 7) is 3.82. The normalized spacial score (nSPS) is 15.3. The minimum absolute atomic E-state index is 0.174. The summed E-state index contributed by atoms with van der Waals surface area (Å²) in [5.74, 6) is 0.581. The number of methoxy groups -OCH3 is 1. The summed E-state index contributed by atoms with van der Waals surface area (Å²) in [6, 6.07) is 14.6. The first-order chi connectivity index (χ1) is 21.6. The Bertz CT molecular complexity index is 1600. The lowest BCUT2D eigenvalue weighted by Crippen LogP contribution is -2.45. The van der Waals surface area contributed by atoms with E-state index in [-0.39, 0.29) is 18.8 Å². The van der Waals surface area contributed by atoms with Gasteiger partial charge in [0.25, 0.3) is 0 Å². The lowest BCUT2D eigenvalue weighted by Gasteiger charge is -2.28. The van der Waals surface area contributed by atoms with E-state index in [1.165, 1.54) is 13.3 Å². The van der Waals surface area contributed by atoms with Gasteiger partial charge in [0.05, 0.1) is 41.0 Å². The molecule has 45 heavy (non-hydrogen) atoms. The highest BCUT2D eigenvalue weighted by atomic mass is 79.9. The zero-order valence-corrected chi connectivity index (χ0v) is 27.6. The van der Waals surface area contributed by atoms with Crippen molar-refractivity contribution in [1.82, 2.24) is 16.1 Å². The number of aliphatic hydroxyl groups excluding tert-OH is 1. The number of rotatable bonds is 13. The van der Waals surface area contributed by atoms with Gasteiger partial charge in [-0.15, -0.1) is 0 Å². The number of carbonyl (C=O) groups is 2. The number of carbonyl (C=O) groups excluding carboxylic acids is 2. The predicted molar refractivity (Wildman–Crippen MR) is 174 cm³/mol. The molecule has 0 radical (unpaired) electrons. The molecule has 3 aromatic carbocycles. The maximum atomic E-state index is 12.4. The van der Waals surface area contributed by atoms with E-state index in [1.807, 2.05) is 18.2 Å². The molecule has 14 heteroatoms. The van der Waals surface area contributed by atoms with E-state index in [1.54, 1.807) is 50.2 Å². The Morgan fingerprint density at radius 2 is 1.89 bits per heavy atom. The standard InChI is InChI=1S/C31H31BrCl2N4O7/c1-4-43-25-13-19(28-27(30(40)42-3)17(2)36-31(41)37-28)9-10-24(25)44-16-26(39)38-35-14-18-11-21(32)29(23(34)12-18)45-15-20-7-5-6-8-22(20)33/h5-14,26,28,38-39H,4,15-16H2,1-3H3,(H2,36,37,41)/b35-14-/t26-,28+/m1/s1. The largest absolute Gasteiger partial charge is 0.490 e. The van der Waals surface area contributed by atoms with Gasteiger partial charge in [0.15, 0.2) is 23.5 Å². The van der Waals surface area contributed by atoms with E-state index >= 15 is 0 Å². The molecular formula is C31H31BrCl2N4O7. The van der Waals surface area contributed by atoms with Gasteiger partial charge in [0, 0.05) is 16.3 Å². The first-order valence-corrected chi connectivity index (χ1v) is 15.2. The first kappa shape index (κ1) is 33.9. The van der Waals surface area contributed by atoms with Crippen molar-refractivity contribution in [2.24, 2.45) is 5.10 Å². The molecule has 0 bridgehead atoms. The summed E-state index contributed by atoms with van der Waals surface area (Å²) in [6.07, 6.45) is 0.313. The molecule has 0 aromatic heterocycles. The Balaban J connectivity index is 1.37. The summed E-state index contributed by atoms with van der Waals surface area (Å²) >= 11 is 16.1. The number of urea groups is 1. The summed E-state index contributed by atoms with van der Waals surface area (Å²) in [7, 11) is 1.27. The molecule has 0 saturated carbocycles. The molecule has 0 saturated heterocycles. The number of amides is 2. The number of hydrogen-bond donors (Lipinski definition) is 4. The Labute approximate surface area is 278 Å². The van der Waals surface area contributed by atoms with E-state index in [0.29, 0.717) is 55.2 Å². The molecule has 238 valence electrons. The zero-order chi connectivity index (χ0) is 32.5. The second kappa shape index (κ2) is 15.8. The highest BCUT2D eigenvalue weighted by Crippen LogP contribution is 2.36. The molecule has 0 fully saturated rings. The summed E-state index contributed by atoms with van der Waals surface area (Å²) in [5.41, 5.74) is 5.30. The van der Waals surface area contributed by atoms with Crippen molar-refractivity contribution < 1.29 is 33.6 Å². The van der Waals surface area contributed by atoms with E-state index in [4.69, 9.17) is 42.1 Å². The number of benzene rings is 3. The third kappa shape index (κ3) is 8.82. The second-order valence-electron chi connectivity index (χ2n) is 9.61. The van der Waals surface area contributed by atoms with Gasteiger partial charge in [-0.2, -0.15) is 5.10 Å². The quantitative estimate of drug-likeness (QED) is 0.0746. The minimum atomic E-state index is -1.17. The number of esters is 1. The van der Waals surface area contributed by atoms with E-state index < -0.39 is 24.3 Å². The number of ether oxygens (including phenoxy) is 4. The number of allylic oxidation sites excluding steroid dienone is 1. The lowest BCUT2D eigenvalue weighted by atomic mass is 9.95. The molecule has 0 unspecified atom stereocenters. The molecule has 2 atom stereocenters. The summed E-state index contributed by atoms with van der Waals surface area (Å²) in [4.78, 5) is 24.6. The number of hydrazone groups is 1. The van der Waals surface area contributed by atoms with Crippen LogP contribution in [-0.2, 0) is 16.1 Å². The van der Waals surface area contributed by atoms with Gasteiger partial charge in [-0.1, -0.05) is 47.5 Å². The van der Waals surface area contributed by atoms with Crippen LogP contribution in [0.5, 0.6) is 17.2 Å². The lowest BCUT2D eigenvalue weighted by molar-refractivity contribution is -0.136. The average Bonchev–Trinajstić information content (AvgIpc) is 3.00. The van der Waals surface area contributed by atoms with Crippen molar-refractivity contribution in [2.45, 2.75) is 32.7 Å². The smallest absolute Gasteiger partial charge is 0.337 e. The summed E-state index contributed by atoms with van der Waals surface area (Å²) in [5, 5.41) is 20.8. The number of hydrogen-bond acceptors (Lipinski definition) is 9. The Hall–Kier alpha value is -3.97. The number of halogens is 3. The van der Waals surface area contributed by atoms with Crippen LogP contribution < -0.4 is 30.3 Å². The molecule has 3 aromatic rings. The van der Waals surface area contributed by atoms with Gasteiger partial charge in [-0.05, 0) is 71.2 Å². The van der Waals surface area contributed by atoms with Crippen LogP contribution in [0.4, 0.5) is 4.79 Å². The Morgan fingerprint density at radius 1 is 1.11 bits per heavy atom. The van der Waals surface area contributed by atoms with Crippen LogP contribution in [0.2, 0.25) is 10.0 Å². The number of aliphatic hydroxyl groups is 1. The third-order valence-corrected chi connectivity index (χ3v) is 7.70. The van der Waals surface area contributed by atoms with Crippen molar-refractivity contribution in [2.75, 3.05) is 20.3 Å². The van der Waals surface area contributed by atoms with Crippen LogP contribution in [0.1, 0.15) is 36.6 Å². The van der Waals surface area contributed by atoms with Gasteiger partial charge < -0.3 is 34.7 Å². The molecule has 1 heterocycles. The molecule has 0 aliphatic carbocycles. The predicted octanol–water partition coefficient (Wildman–Crippen LogP) is 5.86. The molecule has 1 aliphatic rings. The number of nitrogens with zero attached hydrogens (tertiary/aromatic N) is 1. The van der Waals surface area contributed by atoms with E-state index in [0.717, 1.165) is 5.56 Å². The SMILES string of the molecule is CCOc1cc([C@@H]2NC(=O)NC(C)=C2C(=O)OC)ccc1OC[C@@H](O)N/N=C\c1cc(Cl)c(OCc2ccccc2Cl)c(Br)c1. The maximum Gasteiger partial charge on any atom is 0.337 e. The highest BCUT2D eigenvalue weighted by molar-refractivity contribution is 9.10. The summed E-state index contributed by atoms with van der Waals surface area (Å²) < 4.78 is 22.9. The van der Waals surface area contributed by atoms with Crippen molar-refractivity contribution in [1.29, 1.82) is 0 Å². The van der Waals surface area contributed by atoms with Crippen molar-refractivity contribution in [3.63, 3.8) is 0 Å². The first-order valence-electron chi connectivity index (χ1n) is 13.7. The van der Waals surface area contributed by atoms with Gasteiger partial charge >= 0.3 is 12.0 Å². The van der Waals surface area contributed by atoms with Gasteiger partial charge in [0.2, 0.25) is 0 Å². The molecule has 1 aliphatic heterocycles. The van der Waals surface area contributed by atoms with Gasteiger partial charge in [0.1, 0.15) is 13.2 Å². The second-order valence-corrected chi connectivity index (χ2v) is 11.3. The monoisotopic (exact) mass is 720 g/mol. The van der Waals surface area contributed by atoms with Crippen LogP contribution in [0, 0.1) is 0 Å². The van der Waals surface area contributed by atoms with Crippen LogP contribution in [0.25, 0.3) is 0 Å². The van der Waals surface area contributed by atoms with E-state index in [9.17, 15) is 14.7 Å². The molecule has 2 amide bonds. The van der Waals surface area contributed by atoms with Crippen LogP contribution in [-0.4, -0.2) is 49.9 Å². The molecule has 11 nitrogen and oxygen atoms in total. The van der Waals surface area contributed by atoms with Gasteiger partial charge in [-0.3, -0.25) is 5.43 Å². The van der Waals surface area contributed by atoms with Crippen LogP contribution >= 0.6 is 39.1 Å². The van der Waals surface area contributed by atoms with Crippen molar-refractivity contribution >= 4 is 57.3 Å². The zero-order valence-electron chi connectivity index (χ0n) is 24.5. The van der Waals surface area contributed by atoms with Gasteiger partial charge in [-0.25, -0.2) is 9.59 Å². The van der Waals surface area contributed by atoms with Crippen molar-refractivity contribution in [3.05, 3.63) is 97.1 Å².